The van der Waals surface area contributed by atoms with E-state index < -0.39 is 21.7 Å². The van der Waals surface area contributed by atoms with Crippen molar-refractivity contribution in [2.24, 2.45) is 0 Å². The second kappa shape index (κ2) is 9.34. The lowest BCUT2D eigenvalue weighted by atomic mass is 10.1. The first-order chi connectivity index (χ1) is 15.3. The van der Waals surface area contributed by atoms with Crippen molar-refractivity contribution in [2.75, 3.05) is 17.7 Å². The fraction of sp³-hybridized carbons (Fsp3) is 0.0476. The highest BCUT2D eigenvalue weighted by Crippen LogP contribution is 2.29. The highest BCUT2D eigenvalue weighted by atomic mass is 16.6. The van der Waals surface area contributed by atoms with Crippen molar-refractivity contribution in [3.8, 4) is 5.75 Å². The SMILES string of the molecule is COc1ccc(NC(=O)c2cccc([N+](=O)[O-])c2)c(NC(=O)c2cccc([N+](=O)[O-])c2)c1. The maximum atomic E-state index is 12.7. The van der Waals surface area contributed by atoms with Gasteiger partial charge < -0.3 is 15.4 Å². The molecule has 2 N–H and O–H groups in total. The molecule has 11 heteroatoms. The summed E-state index contributed by atoms with van der Waals surface area (Å²) in [6.07, 6.45) is 0. The van der Waals surface area contributed by atoms with Gasteiger partial charge in [-0.1, -0.05) is 12.1 Å². The molecule has 0 spiro atoms. The van der Waals surface area contributed by atoms with E-state index in [0.29, 0.717) is 5.75 Å². The van der Waals surface area contributed by atoms with Crippen molar-refractivity contribution in [1.82, 2.24) is 0 Å². The van der Waals surface area contributed by atoms with Crippen molar-refractivity contribution in [3.63, 3.8) is 0 Å². The number of nitrogens with one attached hydrogen (secondary N) is 2. The van der Waals surface area contributed by atoms with Crippen molar-refractivity contribution >= 4 is 34.6 Å². The third-order valence-corrected chi connectivity index (χ3v) is 4.36. The maximum Gasteiger partial charge on any atom is 0.270 e. The van der Waals surface area contributed by atoms with Gasteiger partial charge in [0.2, 0.25) is 0 Å². The Hall–Kier alpha value is -4.80. The van der Waals surface area contributed by atoms with Crippen molar-refractivity contribution < 1.29 is 24.2 Å². The van der Waals surface area contributed by atoms with Crippen LogP contribution >= 0.6 is 0 Å². The minimum atomic E-state index is -0.646. The Bertz CT molecular complexity index is 1230. The molecule has 0 saturated carbocycles. The maximum absolute atomic E-state index is 12.7. The van der Waals surface area contributed by atoms with E-state index in [1.807, 2.05) is 0 Å². The summed E-state index contributed by atoms with van der Waals surface area (Å²) < 4.78 is 5.15. The Labute approximate surface area is 180 Å². The summed E-state index contributed by atoms with van der Waals surface area (Å²) in [5.74, 6) is -0.898. The van der Waals surface area contributed by atoms with E-state index in [1.165, 1.54) is 55.6 Å². The Morgan fingerprint density at radius 3 is 1.72 bits per heavy atom. The van der Waals surface area contributed by atoms with Gasteiger partial charge in [0.15, 0.2) is 0 Å². The lowest BCUT2D eigenvalue weighted by Crippen LogP contribution is -2.17. The molecule has 162 valence electrons. The minimum absolute atomic E-state index is 0.0398. The van der Waals surface area contributed by atoms with E-state index in [0.717, 1.165) is 12.1 Å². The molecule has 0 aliphatic carbocycles. The van der Waals surface area contributed by atoms with E-state index in [2.05, 4.69) is 10.6 Å². The summed E-state index contributed by atoms with van der Waals surface area (Å²) in [5.41, 5.74) is -0.0428. The quantitative estimate of drug-likeness (QED) is 0.419. The van der Waals surface area contributed by atoms with Gasteiger partial charge in [-0.25, -0.2) is 0 Å². The molecule has 32 heavy (non-hydrogen) atoms. The van der Waals surface area contributed by atoms with E-state index in [4.69, 9.17) is 4.74 Å². The van der Waals surface area contributed by atoms with Gasteiger partial charge in [0.1, 0.15) is 5.75 Å². The molecule has 0 radical (unpaired) electrons. The molecule has 11 nitrogen and oxygen atoms in total. The van der Waals surface area contributed by atoms with E-state index in [1.54, 1.807) is 6.07 Å². The van der Waals surface area contributed by atoms with Gasteiger partial charge in [0.25, 0.3) is 23.2 Å². The largest absolute Gasteiger partial charge is 0.497 e. The number of rotatable bonds is 7. The van der Waals surface area contributed by atoms with Crippen LogP contribution in [0.5, 0.6) is 5.75 Å². The number of methoxy groups -OCH3 is 1. The standard InChI is InChI=1S/C21H16N4O7/c1-32-17-8-9-18(22-20(26)13-4-2-6-15(10-13)24(28)29)19(12-17)23-21(27)14-5-3-7-16(11-14)25(30)31/h2-12H,1H3,(H,22,26)(H,23,27). The van der Waals surface area contributed by atoms with Gasteiger partial charge in [-0.3, -0.25) is 29.8 Å². The molecular weight excluding hydrogens is 420 g/mol. The molecule has 0 unspecified atom stereocenters. The van der Waals surface area contributed by atoms with Crippen LogP contribution in [0.2, 0.25) is 0 Å². The monoisotopic (exact) mass is 436 g/mol. The Kier molecular flexibility index (Phi) is 6.39. The summed E-state index contributed by atoms with van der Waals surface area (Å²) in [6, 6.07) is 14.8. The third-order valence-electron chi connectivity index (χ3n) is 4.36. The van der Waals surface area contributed by atoms with Crippen LogP contribution in [0.15, 0.2) is 66.7 Å². The number of hydrogen-bond donors (Lipinski definition) is 2. The number of non-ortho nitro benzene ring substituents is 2. The molecule has 0 aliphatic heterocycles. The van der Waals surface area contributed by atoms with Crippen molar-refractivity contribution in [3.05, 3.63) is 98.1 Å². The lowest BCUT2D eigenvalue weighted by molar-refractivity contribution is -0.385. The van der Waals surface area contributed by atoms with Crippen LogP contribution in [0.25, 0.3) is 0 Å². The highest BCUT2D eigenvalue weighted by Gasteiger charge is 2.17. The molecule has 0 fully saturated rings. The summed E-state index contributed by atoms with van der Waals surface area (Å²) >= 11 is 0. The predicted molar refractivity (Wildman–Crippen MR) is 115 cm³/mol. The summed E-state index contributed by atoms with van der Waals surface area (Å²) in [6.45, 7) is 0. The van der Waals surface area contributed by atoms with E-state index >= 15 is 0 Å². The van der Waals surface area contributed by atoms with Crippen molar-refractivity contribution in [1.29, 1.82) is 0 Å². The number of carbonyl (C=O) groups is 2. The van der Waals surface area contributed by atoms with Crippen LogP contribution < -0.4 is 15.4 Å². The zero-order valence-corrected chi connectivity index (χ0v) is 16.6. The molecule has 0 atom stereocenters. The normalized spacial score (nSPS) is 10.2. The fourth-order valence-electron chi connectivity index (χ4n) is 2.77. The first-order valence-corrected chi connectivity index (χ1v) is 9.08. The molecular formula is C21H16N4O7. The topological polar surface area (TPSA) is 154 Å². The van der Waals surface area contributed by atoms with Gasteiger partial charge >= 0.3 is 0 Å². The zero-order chi connectivity index (χ0) is 23.3. The summed E-state index contributed by atoms with van der Waals surface area (Å²) in [4.78, 5) is 46.0. The third kappa shape index (κ3) is 5.02. The molecule has 3 aromatic rings. The van der Waals surface area contributed by atoms with Gasteiger partial charge in [0, 0.05) is 41.5 Å². The first kappa shape index (κ1) is 21.9. The second-order valence-electron chi connectivity index (χ2n) is 6.43. The number of nitrogens with zero attached hydrogens (tertiary/aromatic N) is 2. The van der Waals surface area contributed by atoms with Crippen LogP contribution in [-0.4, -0.2) is 28.8 Å². The molecule has 0 bridgehead atoms. The Morgan fingerprint density at radius 2 is 1.25 bits per heavy atom. The minimum Gasteiger partial charge on any atom is -0.497 e. The number of carbonyl (C=O) groups excluding carboxylic acids is 2. The fourth-order valence-corrected chi connectivity index (χ4v) is 2.77. The number of benzene rings is 3. The molecule has 2 amide bonds. The number of nitro benzene ring substituents is 2. The molecule has 3 aromatic carbocycles. The molecule has 3 rings (SSSR count). The number of nitro groups is 2. The number of amides is 2. The summed E-state index contributed by atoms with van der Waals surface area (Å²) in [7, 11) is 1.42. The van der Waals surface area contributed by atoms with Gasteiger partial charge in [-0.2, -0.15) is 0 Å². The van der Waals surface area contributed by atoms with Crippen LogP contribution in [0.1, 0.15) is 20.7 Å². The number of ether oxygens (including phenoxy) is 1. The Balaban J connectivity index is 1.88. The molecule has 0 aromatic heterocycles. The average molecular weight is 436 g/mol. The van der Waals surface area contributed by atoms with Crippen molar-refractivity contribution in [2.45, 2.75) is 0 Å². The van der Waals surface area contributed by atoms with Gasteiger partial charge in [-0.05, 0) is 24.3 Å². The molecule has 0 aliphatic rings. The second-order valence-corrected chi connectivity index (χ2v) is 6.43. The van der Waals surface area contributed by atoms with Crippen LogP contribution in [0.4, 0.5) is 22.7 Å². The molecule has 0 heterocycles. The average Bonchev–Trinajstić information content (AvgIpc) is 2.80. The van der Waals surface area contributed by atoms with Crippen LogP contribution in [0.3, 0.4) is 0 Å². The highest BCUT2D eigenvalue weighted by molar-refractivity contribution is 6.10. The van der Waals surface area contributed by atoms with E-state index in [9.17, 15) is 29.8 Å². The Morgan fingerprint density at radius 1 is 0.750 bits per heavy atom. The smallest absolute Gasteiger partial charge is 0.270 e. The summed E-state index contributed by atoms with van der Waals surface area (Å²) in [5, 5.41) is 27.1. The lowest BCUT2D eigenvalue weighted by Gasteiger charge is -2.14. The van der Waals surface area contributed by atoms with Crippen LogP contribution in [-0.2, 0) is 0 Å². The van der Waals surface area contributed by atoms with Gasteiger partial charge in [0.05, 0.1) is 28.3 Å². The van der Waals surface area contributed by atoms with Gasteiger partial charge in [-0.15, -0.1) is 0 Å². The van der Waals surface area contributed by atoms with Crippen LogP contribution in [0, 0.1) is 20.2 Å². The predicted octanol–water partition coefficient (Wildman–Crippen LogP) is 4.02. The number of anilines is 2. The van der Waals surface area contributed by atoms with E-state index in [-0.39, 0.29) is 33.9 Å². The number of hydrogen-bond acceptors (Lipinski definition) is 7. The first-order valence-electron chi connectivity index (χ1n) is 9.08. The zero-order valence-electron chi connectivity index (χ0n) is 16.6. The molecule has 0 saturated heterocycles.